The van der Waals surface area contributed by atoms with E-state index in [2.05, 4.69) is 26.2 Å². The maximum absolute atomic E-state index is 5.75. The van der Waals surface area contributed by atoms with Crippen LogP contribution in [0.4, 0.5) is 5.69 Å². The van der Waals surface area contributed by atoms with E-state index in [1.165, 1.54) is 0 Å². The van der Waals surface area contributed by atoms with Gasteiger partial charge in [0.25, 0.3) is 0 Å². The fourth-order valence-corrected chi connectivity index (χ4v) is 1.56. The number of rotatable bonds is 0. The Morgan fingerprint density at radius 3 is 2.92 bits per heavy atom. The normalized spacial score (nSPS) is 10.8. The molecule has 0 spiro atoms. The first-order valence-corrected chi connectivity index (χ1v) is 4.23. The first-order chi connectivity index (χ1) is 5.70. The number of nitrogens with two attached hydrogens (primary N) is 1. The van der Waals surface area contributed by atoms with Crippen molar-refractivity contribution in [3.05, 3.63) is 16.6 Å². The number of nitrogens with zero attached hydrogens (tertiary/aromatic N) is 3. The summed E-state index contributed by atoms with van der Waals surface area (Å²) in [5.41, 5.74) is 8.11. The van der Waals surface area contributed by atoms with Crippen LogP contribution in [0.2, 0.25) is 0 Å². The van der Waals surface area contributed by atoms with Gasteiger partial charge < -0.3 is 5.73 Å². The summed E-state index contributed by atoms with van der Waals surface area (Å²) in [6, 6.07) is 3.70. The molecule has 0 aliphatic carbocycles. The zero-order valence-corrected chi connectivity index (χ0v) is 8.04. The average molecular weight is 227 g/mol. The lowest BCUT2D eigenvalue weighted by Crippen LogP contribution is -1.94. The van der Waals surface area contributed by atoms with Crippen molar-refractivity contribution in [1.82, 2.24) is 15.0 Å². The Balaban J connectivity index is 2.98. The van der Waals surface area contributed by atoms with E-state index in [0.29, 0.717) is 5.69 Å². The Morgan fingerprint density at radius 2 is 2.25 bits per heavy atom. The highest BCUT2D eigenvalue weighted by molar-refractivity contribution is 9.10. The molecule has 0 unspecified atom stereocenters. The molecule has 0 radical (unpaired) electrons. The molecule has 4 nitrogen and oxygen atoms in total. The van der Waals surface area contributed by atoms with Gasteiger partial charge in [-0.1, -0.05) is 5.21 Å². The van der Waals surface area contributed by atoms with Gasteiger partial charge >= 0.3 is 0 Å². The van der Waals surface area contributed by atoms with Crippen LogP contribution in [0.1, 0.15) is 0 Å². The molecule has 0 fully saturated rings. The molecular formula is C7H7BrN4. The third-order valence-electron chi connectivity index (χ3n) is 1.74. The summed E-state index contributed by atoms with van der Waals surface area (Å²) in [4.78, 5) is 0. The number of anilines is 1. The van der Waals surface area contributed by atoms with Gasteiger partial charge in [-0.25, -0.2) is 4.68 Å². The summed E-state index contributed by atoms with van der Waals surface area (Å²) in [5, 5.41) is 7.84. The zero-order valence-electron chi connectivity index (χ0n) is 6.45. The molecule has 1 aromatic carbocycles. The predicted molar refractivity (Wildman–Crippen MR) is 50.6 cm³/mol. The van der Waals surface area contributed by atoms with Crippen LogP contribution in [0, 0.1) is 0 Å². The van der Waals surface area contributed by atoms with Crippen LogP contribution in [-0.4, -0.2) is 15.0 Å². The summed E-state index contributed by atoms with van der Waals surface area (Å²) in [6.45, 7) is 0. The second-order valence-electron chi connectivity index (χ2n) is 2.55. The van der Waals surface area contributed by atoms with Crippen LogP contribution in [0.15, 0.2) is 16.6 Å². The van der Waals surface area contributed by atoms with E-state index < -0.39 is 0 Å². The predicted octanol–water partition coefficient (Wildman–Crippen LogP) is 1.31. The van der Waals surface area contributed by atoms with E-state index in [4.69, 9.17) is 5.73 Å². The molecule has 1 heterocycles. The molecule has 0 amide bonds. The lowest BCUT2D eigenvalue weighted by atomic mass is 10.3. The SMILES string of the molecule is Cn1nnc2c(Br)ccc(N)c21. The molecule has 0 saturated carbocycles. The Labute approximate surface area is 77.5 Å². The minimum Gasteiger partial charge on any atom is -0.397 e. The van der Waals surface area contributed by atoms with Crippen molar-refractivity contribution in [1.29, 1.82) is 0 Å². The first-order valence-electron chi connectivity index (χ1n) is 3.43. The van der Waals surface area contributed by atoms with Gasteiger partial charge in [-0.05, 0) is 28.1 Å². The number of hydrogen-bond donors (Lipinski definition) is 1. The number of aryl methyl sites for hydroxylation is 1. The monoisotopic (exact) mass is 226 g/mol. The maximum Gasteiger partial charge on any atom is 0.129 e. The van der Waals surface area contributed by atoms with Crippen molar-refractivity contribution >= 4 is 32.7 Å². The van der Waals surface area contributed by atoms with Crippen molar-refractivity contribution in [2.24, 2.45) is 7.05 Å². The number of nitrogen functional groups attached to an aromatic ring is 1. The summed E-state index contributed by atoms with van der Waals surface area (Å²) in [6.07, 6.45) is 0. The Bertz CT molecular complexity index is 434. The van der Waals surface area contributed by atoms with E-state index in [0.717, 1.165) is 15.5 Å². The van der Waals surface area contributed by atoms with E-state index in [1.807, 2.05) is 19.2 Å². The third kappa shape index (κ3) is 0.896. The molecule has 0 atom stereocenters. The van der Waals surface area contributed by atoms with E-state index >= 15 is 0 Å². The van der Waals surface area contributed by atoms with Gasteiger partial charge in [0.05, 0.1) is 5.69 Å². The number of benzene rings is 1. The molecule has 62 valence electrons. The van der Waals surface area contributed by atoms with Crippen molar-refractivity contribution in [2.75, 3.05) is 5.73 Å². The molecule has 2 aromatic rings. The highest BCUT2D eigenvalue weighted by atomic mass is 79.9. The summed E-state index contributed by atoms with van der Waals surface area (Å²) in [5.74, 6) is 0. The van der Waals surface area contributed by atoms with Gasteiger partial charge in [0.1, 0.15) is 11.0 Å². The smallest absolute Gasteiger partial charge is 0.129 e. The summed E-state index contributed by atoms with van der Waals surface area (Å²) >= 11 is 3.37. The zero-order chi connectivity index (χ0) is 8.72. The van der Waals surface area contributed by atoms with Crippen LogP contribution in [0.25, 0.3) is 11.0 Å². The van der Waals surface area contributed by atoms with Crippen LogP contribution in [0.3, 0.4) is 0 Å². The van der Waals surface area contributed by atoms with Crippen LogP contribution < -0.4 is 5.73 Å². The average Bonchev–Trinajstić information content (AvgIpc) is 2.42. The molecule has 0 saturated heterocycles. The molecule has 2 rings (SSSR count). The first kappa shape index (κ1) is 7.54. The molecule has 5 heteroatoms. The van der Waals surface area contributed by atoms with Gasteiger partial charge in [0, 0.05) is 11.5 Å². The number of hydrogen-bond acceptors (Lipinski definition) is 3. The molecular weight excluding hydrogens is 220 g/mol. The fourth-order valence-electron chi connectivity index (χ4n) is 1.16. The van der Waals surface area contributed by atoms with Crippen molar-refractivity contribution in [2.45, 2.75) is 0 Å². The van der Waals surface area contributed by atoms with Crippen LogP contribution in [0.5, 0.6) is 0 Å². The van der Waals surface area contributed by atoms with Gasteiger partial charge in [-0.3, -0.25) is 0 Å². The summed E-state index contributed by atoms with van der Waals surface area (Å²) < 4.78 is 2.58. The minimum atomic E-state index is 0.695. The molecule has 0 aliphatic rings. The highest BCUT2D eigenvalue weighted by Gasteiger charge is 2.07. The Morgan fingerprint density at radius 1 is 1.50 bits per heavy atom. The third-order valence-corrected chi connectivity index (χ3v) is 2.38. The lowest BCUT2D eigenvalue weighted by molar-refractivity contribution is 0.737. The Hall–Kier alpha value is -1.10. The van der Waals surface area contributed by atoms with E-state index in [1.54, 1.807) is 4.68 Å². The largest absolute Gasteiger partial charge is 0.397 e. The van der Waals surface area contributed by atoms with E-state index in [-0.39, 0.29) is 0 Å². The van der Waals surface area contributed by atoms with Crippen molar-refractivity contribution in [3.8, 4) is 0 Å². The second-order valence-corrected chi connectivity index (χ2v) is 3.40. The Kier molecular flexibility index (Phi) is 1.54. The van der Waals surface area contributed by atoms with Crippen LogP contribution >= 0.6 is 15.9 Å². The highest BCUT2D eigenvalue weighted by Crippen LogP contribution is 2.25. The van der Waals surface area contributed by atoms with Crippen LogP contribution in [-0.2, 0) is 7.05 Å². The second kappa shape index (κ2) is 2.45. The topological polar surface area (TPSA) is 56.7 Å². The lowest BCUT2D eigenvalue weighted by Gasteiger charge is -1.97. The molecule has 1 aromatic heterocycles. The van der Waals surface area contributed by atoms with Gasteiger partial charge in [-0.15, -0.1) is 5.10 Å². The fraction of sp³-hybridized carbons (Fsp3) is 0.143. The molecule has 0 bridgehead atoms. The van der Waals surface area contributed by atoms with Gasteiger partial charge in [0.15, 0.2) is 0 Å². The van der Waals surface area contributed by atoms with E-state index in [9.17, 15) is 0 Å². The van der Waals surface area contributed by atoms with Gasteiger partial charge in [0.2, 0.25) is 0 Å². The summed E-state index contributed by atoms with van der Waals surface area (Å²) in [7, 11) is 1.82. The minimum absolute atomic E-state index is 0.695. The molecule has 12 heavy (non-hydrogen) atoms. The number of halogens is 1. The molecule has 2 N–H and O–H groups in total. The number of aromatic nitrogens is 3. The quantitative estimate of drug-likeness (QED) is 0.690. The van der Waals surface area contributed by atoms with Crippen molar-refractivity contribution < 1.29 is 0 Å². The van der Waals surface area contributed by atoms with Crippen molar-refractivity contribution in [3.63, 3.8) is 0 Å². The van der Waals surface area contributed by atoms with Gasteiger partial charge in [-0.2, -0.15) is 0 Å². The number of fused-ring (bicyclic) bond motifs is 1. The standard InChI is InChI=1S/C7H7BrN4/c1-12-7-5(9)3-2-4(8)6(7)10-11-12/h2-3H,9H2,1H3. The molecule has 0 aliphatic heterocycles. The maximum atomic E-state index is 5.75.